The van der Waals surface area contributed by atoms with Crippen molar-refractivity contribution >= 4 is 39.7 Å². The first-order valence-electron chi connectivity index (χ1n) is 18.4. The Kier molecular flexibility index (Phi) is 9.73. The van der Waals surface area contributed by atoms with Gasteiger partial charge in [0.05, 0.1) is 0 Å². The van der Waals surface area contributed by atoms with Crippen LogP contribution in [-0.4, -0.2) is 91.0 Å². The van der Waals surface area contributed by atoms with Crippen molar-refractivity contribution in [1.29, 1.82) is 0 Å². The molecule has 13 nitrogen and oxygen atoms in total. The first-order chi connectivity index (χ1) is 24.5. The average Bonchev–Trinajstić information content (AvgIpc) is 3.55. The molecule has 5 atom stereocenters. The van der Waals surface area contributed by atoms with Gasteiger partial charge in [-0.15, -0.1) is 6.58 Å². The summed E-state index contributed by atoms with van der Waals surface area (Å²) in [6.45, 7) is 17.2. The summed E-state index contributed by atoms with van der Waals surface area (Å²) in [5.74, 6) is -3.28. The number of likely N-dealkylation sites (tertiary alicyclic amines) is 1. The molecular weight excluding hydrogens is 685 g/mol. The Morgan fingerprint density at radius 2 is 1.65 bits per heavy atom. The number of rotatable bonds is 13. The fourth-order valence-corrected chi connectivity index (χ4v) is 10.8. The molecule has 0 radical (unpaired) electrons. The van der Waals surface area contributed by atoms with Gasteiger partial charge in [0.25, 0.3) is 17.7 Å². The van der Waals surface area contributed by atoms with E-state index in [-0.39, 0.29) is 40.7 Å². The normalized spacial score (nSPS) is 28.7. The largest absolute Gasteiger partial charge is 0.352 e. The summed E-state index contributed by atoms with van der Waals surface area (Å²) in [4.78, 5) is 70.4. The van der Waals surface area contributed by atoms with Gasteiger partial charge in [0.1, 0.15) is 17.6 Å². The summed E-state index contributed by atoms with van der Waals surface area (Å²) in [5.41, 5.74) is -1.21. The molecule has 3 saturated carbocycles. The molecule has 5 amide bonds. The first kappa shape index (κ1) is 37.7. The summed E-state index contributed by atoms with van der Waals surface area (Å²) in [6.07, 6.45) is 7.26. The highest BCUT2D eigenvalue weighted by Gasteiger charge is 2.85. The number of fused-ring (bicyclic) bond motifs is 1. The minimum absolute atomic E-state index is 0.0313. The smallest absolute Gasteiger partial charge is 0.303 e. The molecule has 2 heterocycles. The molecular formula is C38H52N6O7S. The van der Waals surface area contributed by atoms with Crippen LogP contribution in [0.2, 0.25) is 0 Å². The molecule has 14 heteroatoms. The summed E-state index contributed by atoms with van der Waals surface area (Å²) in [7, 11) is -4.10. The maximum atomic E-state index is 14.6. The molecule has 282 valence electrons. The molecule has 0 aromatic heterocycles. The molecule has 1 aromatic rings. The maximum Gasteiger partial charge on any atom is 0.303 e. The zero-order chi connectivity index (χ0) is 37.9. The lowest BCUT2D eigenvalue weighted by Crippen LogP contribution is -2.59. The lowest BCUT2D eigenvalue weighted by atomic mass is 9.73. The van der Waals surface area contributed by atoms with E-state index in [2.05, 4.69) is 47.7 Å². The van der Waals surface area contributed by atoms with Crippen molar-refractivity contribution in [2.75, 3.05) is 26.2 Å². The van der Waals surface area contributed by atoms with Crippen molar-refractivity contribution in [3.05, 3.63) is 60.2 Å². The van der Waals surface area contributed by atoms with Gasteiger partial charge in [0, 0.05) is 48.6 Å². The minimum atomic E-state index is -4.10. The quantitative estimate of drug-likeness (QED) is 0.226. The van der Waals surface area contributed by atoms with Crippen LogP contribution in [0, 0.1) is 22.2 Å². The van der Waals surface area contributed by atoms with Crippen molar-refractivity contribution in [1.82, 2.24) is 29.9 Å². The van der Waals surface area contributed by atoms with Crippen molar-refractivity contribution in [3.63, 3.8) is 0 Å². The number of carbonyl (C=O) groups excluding carboxylic acids is 5. The monoisotopic (exact) mass is 736 g/mol. The Labute approximate surface area is 306 Å². The first-order valence-corrected chi connectivity index (χ1v) is 19.9. The fourth-order valence-electron chi connectivity index (χ4n) is 9.52. The number of benzene rings is 1. The number of hydrogen-bond acceptors (Lipinski definition) is 7. The molecule has 6 rings (SSSR count). The lowest BCUT2D eigenvalue weighted by molar-refractivity contribution is -0.140. The van der Waals surface area contributed by atoms with Crippen LogP contribution in [0.5, 0.6) is 0 Å². The van der Waals surface area contributed by atoms with Crippen LogP contribution in [0.4, 0.5) is 0 Å². The average molecular weight is 737 g/mol. The van der Waals surface area contributed by atoms with E-state index in [0.717, 1.165) is 25.7 Å². The van der Waals surface area contributed by atoms with Crippen LogP contribution >= 0.6 is 0 Å². The molecule has 2 saturated heterocycles. The second kappa shape index (κ2) is 13.4. The molecule has 52 heavy (non-hydrogen) atoms. The SMILES string of the molecule is C=C[C@@H]1C[C@]1(NC(=O)C1C[C@@]2(CN1C(=O)[C@@H](NC(=O)c1cccc(C(=O)NCCC)c1)C(=C)C)C(C)(C)C21CCC1)C(=O)NS(=O)(=O)N1CCCC1. The van der Waals surface area contributed by atoms with E-state index >= 15 is 0 Å². The summed E-state index contributed by atoms with van der Waals surface area (Å²) >= 11 is 0. The van der Waals surface area contributed by atoms with Crippen LogP contribution < -0.4 is 20.7 Å². The van der Waals surface area contributed by atoms with E-state index in [0.29, 0.717) is 50.0 Å². The van der Waals surface area contributed by atoms with Crippen molar-refractivity contribution in [2.45, 2.75) is 96.7 Å². The van der Waals surface area contributed by atoms with Gasteiger partial charge in [-0.3, -0.25) is 24.0 Å². The third-order valence-electron chi connectivity index (χ3n) is 13.0. The highest BCUT2D eigenvalue weighted by atomic mass is 32.2. The maximum absolute atomic E-state index is 14.6. The molecule has 5 fully saturated rings. The third kappa shape index (κ3) is 5.95. The Morgan fingerprint density at radius 1 is 1.00 bits per heavy atom. The molecule has 1 unspecified atom stereocenters. The van der Waals surface area contributed by atoms with Crippen molar-refractivity contribution < 1.29 is 32.4 Å². The molecule has 2 aliphatic heterocycles. The lowest BCUT2D eigenvalue weighted by Gasteiger charge is -2.32. The highest BCUT2D eigenvalue weighted by Crippen LogP contribution is 2.88. The Hall–Kier alpha value is -4.04. The molecule has 4 N–H and O–H groups in total. The van der Waals surface area contributed by atoms with Gasteiger partial charge in [0.2, 0.25) is 11.8 Å². The summed E-state index contributed by atoms with van der Waals surface area (Å²) in [6, 6.07) is 4.06. The van der Waals surface area contributed by atoms with Crippen LogP contribution in [0.25, 0.3) is 0 Å². The standard InChI is InChI=1S/C38H52N6O7S/c1-7-17-39-30(45)25-13-11-14-26(20-25)31(46)40-29(24(3)4)33(48)44-23-37(35(5,6)36(37)15-12-16-36)22-28(44)32(47)41-38(21-27(38)8-2)34(49)42-52(50,51)43-18-9-10-19-43/h8,11,13-14,20,27-29H,2-3,7,9-10,12,15-19,21-23H2,1,4-6H3,(H,39,45)(H,40,46)(H,41,47)(H,42,49)/t27-,28?,29+,37-,38-/m1/s1. The topological polar surface area (TPSA) is 174 Å². The number of nitrogens with zero attached hydrogens (tertiary/aromatic N) is 2. The van der Waals surface area contributed by atoms with E-state index in [1.807, 2.05) is 6.92 Å². The fraction of sp³-hybridized carbons (Fsp3) is 0.605. The van der Waals surface area contributed by atoms with E-state index < -0.39 is 57.4 Å². The predicted octanol–water partition coefficient (Wildman–Crippen LogP) is 2.82. The van der Waals surface area contributed by atoms with Gasteiger partial charge in [-0.05, 0) is 86.5 Å². The van der Waals surface area contributed by atoms with Crippen molar-refractivity contribution in [2.24, 2.45) is 22.2 Å². The second-order valence-corrected chi connectivity index (χ2v) is 17.6. The zero-order valence-corrected chi connectivity index (χ0v) is 31.5. The molecule has 2 spiro atoms. The minimum Gasteiger partial charge on any atom is -0.352 e. The number of amides is 5. The second-order valence-electron chi connectivity index (χ2n) is 16.0. The van der Waals surface area contributed by atoms with Gasteiger partial charge in [-0.1, -0.05) is 45.9 Å². The van der Waals surface area contributed by atoms with Crippen LogP contribution in [0.1, 0.15) is 99.8 Å². The molecule has 3 aliphatic carbocycles. The van der Waals surface area contributed by atoms with E-state index in [9.17, 15) is 32.4 Å². The van der Waals surface area contributed by atoms with Gasteiger partial charge in [-0.2, -0.15) is 12.7 Å². The Morgan fingerprint density at radius 3 is 2.19 bits per heavy atom. The number of hydrogen-bond donors (Lipinski definition) is 4. The molecule has 0 bridgehead atoms. The Bertz CT molecular complexity index is 1820. The van der Waals surface area contributed by atoms with Crippen LogP contribution in [-0.2, 0) is 24.6 Å². The number of carbonyl (C=O) groups is 5. The van der Waals surface area contributed by atoms with Gasteiger partial charge in [-0.25, -0.2) is 4.72 Å². The molecule has 5 aliphatic rings. The Balaban J connectivity index is 1.25. The summed E-state index contributed by atoms with van der Waals surface area (Å²) < 4.78 is 29.5. The third-order valence-corrected chi connectivity index (χ3v) is 14.5. The molecule has 1 aromatic carbocycles. The van der Waals surface area contributed by atoms with E-state index in [1.54, 1.807) is 25.1 Å². The highest BCUT2D eigenvalue weighted by molar-refractivity contribution is 7.87. The van der Waals surface area contributed by atoms with Gasteiger partial charge in [0.15, 0.2) is 0 Å². The van der Waals surface area contributed by atoms with Crippen molar-refractivity contribution in [3.8, 4) is 0 Å². The van der Waals surface area contributed by atoms with Crippen LogP contribution in [0.15, 0.2) is 49.1 Å². The van der Waals surface area contributed by atoms with Gasteiger partial charge < -0.3 is 20.9 Å². The van der Waals surface area contributed by atoms with E-state index in [4.69, 9.17) is 0 Å². The number of nitrogens with one attached hydrogen (secondary N) is 4. The van der Waals surface area contributed by atoms with Gasteiger partial charge >= 0.3 is 10.2 Å². The van der Waals surface area contributed by atoms with E-state index in [1.165, 1.54) is 21.3 Å². The zero-order valence-electron chi connectivity index (χ0n) is 30.7. The summed E-state index contributed by atoms with van der Waals surface area (Å²) in [5, 5.41) is 8.48. The van der Waals surface area contributed by atoms with Crippen LogP contribution in [0.3, 0.4) is 0 Å². The predicted molar refractivity (Wildman–Crippen MR) is 195 cm³/mol.